The smallest absolute Gasteiger partial charge is 0.406 e. The van der Waals surface area contributed by atoms with Crippen LogP contribution in [0.15, 0.2) is 40.3 Å². The lowest BCUT2D eigenvalue weighted by Gasteiger charge is -2.17. The van der Waals surface area contributed by atoms with E-state index >= 15 is 0 Å². The zero-order valence-corrected chi connectivity index (χ0v) is 19.2. The molecule has 0 unspecified atom stereocenters. The first-order valence-corrected chi connectivity index (χ1v) is 10.8. The predicted octanol–water partition coefficient (Wildman–Crippen LogP) is 5.95. The number of rotatable bonds is 8. The first kappa shape index (κ1) is 25.0. The summed E-state index contributed by atoms with van der Waals surface area (Å²) < 4.78 is 41.2. The third kappa shape index (κ3) is 7.43. The van der Waals surface area contributed by atoms with E-state index in [0.717, 1.165) is 12.0 Å². The highest BCUT2D eigenvalue weighted by atomic mass is 35.5. The number of aromatic nitrogens is 2. The SMILES string of the molecule is CC/C(C)=C/Sc1nc(CN(C)C(=O)CCl)nc(-c2ccc(OC(F)(F)F)cc2)c1C. The van der Waals surface area contributed by atoms with Gasteiger partial charge in [0.05, 0.1) is 12.2 Å². The number of benzene rings is 1. The molecule has 0 fully saturated rings. The molecule has 0 aliphatic rings. The molecular weight excluding hydrogens is 451 g/mol. The van der Waals surface area contributed by atoms with E-state index in [1.165, 1.54) is 46.5 Å². The number of hydrogen-bond acceptors (Lipinski definition) is 5. The Hall–Kier alpha value is -2.26. The molecule has 1 aromatic heterocycles. The highest BCUT2D eigenvalue weighted by Crippen LogP contribution is 2.32. The van der Waals surface area contributed by atoms with E-state index in [9.17, 15) is 18.0 Å². The summed E-state index contributed by atoms with van der Waals surface area (Å²) in [7, 11) is 1.60. The molecule has 0 saturated heterocycles. The minimum atomic E-state index is -4.76. The summed E-state index contributed by atoms with van der Waals surface area (Å²) in [5.41, 5.74) is 3.14. The predicted molar refractivity (Wildman–Crippen MR) is 116 cm³/mol. The number of amides is 1. The molecule has 1 heterocycles. The van der Waals surface area contributed by atoms with Crippen molar-refractivity contribution in [2.45, 2.75) is 45.1 Å². The van der Waals surface area contributed by atoms with Crippen molar-refractivity contribution in [2.75, 3.05) is 12.9 Å². The maximum atomic E-state index is 12.4. The molecule has 1 amide bonds. The lowest BCUT2D eigenvalue weighted by molar-refractivity contribution is -0.274. The molecule has 0 aliphatic carbocycles. The monoisotopic (exact) mass is 473 g/mol. The van der Waals surface area contributed by atoms with Crippen molar-refractivity contribution in [1.82, 2.24) is 14.9 Å². The molecule has 1 aromatic carbocycles. The van der Waals surface area contributed by atoms with Gasteiger partial charge in [-0.05, 0) is 49.9 Å². The molecule has 0 spiro atoms. The maximum Gasteiger partial charge on any atom is 0.573 e. The summed E-state index contributed by atoms with van der Waals surface area (Å²) in [6, 6.07) is 5.49. The number of allylic oxidation sites excluding steroid dienone is 1. The number of hydrogen-bond donors (Lipinski definition) is 0. The molecule has 168 valence electrons. The first-order chi connectivity index (χ1) is 14.5. The van der Waals surface area contributed by atoms with E-state index in [4.69, 9.17) is 11.6 Å². The largest absolute Gasteiger partial charge is 0.573 e. The fourth-order valence-electron chi connectivity index (χ4n) is 2.46. The van der Waals surface area contributed by atoms with Gasteiger partial charge in [0, 0.05) is 18.2 Å². The second-order valence-electron chi connectivity index (χ2n) is 6.81. The Balaban J connectivity index is 2.46. The van der Waals surface area contributed by atoms with Gasteiger partial charge in [-0.2, -0.15) is 0 Å². The van der Waals surface area contributed by atoms with Crippen LogP contribution in [0.5, 0.6) is 5.75 Å². The van der Waals surface area contributed by atoms with Crippen LogP contribution in [0.2, 0.25) is 0 Å². The van der Waals surface area contributed by atoms with E-state index in [-0.39, 0.29) is 24.1 Å². The molecule has 0 saturated carbocycles. The third-order valence-electron chi connectivity index (χ3n) is 4.36. The van der Waals surface area contributed by atoms with Gasteiger partial charge in [0.2, 0.25) is 5.91 Å². The van der Waals surface area contributed by atoms with Crippen LogP contribution in [0.1, 0.15) is 31.7 Å². The molecule has 10 heteroatoms. The van der Waals surface area contributed by atoms with Gasteiger partial charge in [0.15, 0.2) is 0 Å². The van der Waals surface area contributed by atoms with Crippen LogP contribution in [0.25, 0.3) is 11.3 Å². The number of carbonyl (C=O) groups excluding carboxylic acids is 1. The van der Waals surface area contributed by atoms with E-state index in [2.05, 4.69) is 14.7 Å². The van der Waals surface area contributed by atoms with Gasteiger partial charge in [0.1, 0.15) is 22.5 Å². The molecule has 0 radical (unpaired) electrons. The average molecular weight is 474 g/mol. The van der Waals surface area contributed by atoms with Crippen LogP contribution in [-0.4, -0.2) is 40.1 Å². The summed E-state index contributed by atoms with van der Waals surface area (Å²) in [4.78, 5) is 22.4. The minimum Gasteiger partial charge on any atom is -0.406 e. The van der Waals surface area contributed by atoms with Gasteiger partial charge in [-0.3, -0.25) is 4.79 Å². The second kappa shape index (κ2) is 10.9. The minimum absolute atomic E-state index is 0.151. The van der Waals surface area contributed by atoms with Gasteiger partial charge < -0.3 is 9.64 Å². The molecular formula is C21H23ClF3N3O2S. The number of thioether (sulfide) groups is 1. The molecule has 0 atom stereocenters. The summed E-state index contributed by atoms with van der Waals surface area (Å²) >= 11 is 7.06. The fourth-order valence-corrected chi connectivity index (χ4v) is 3.58. The Bertz CT molecular complexity index is 950. The maximum absolute atomic E-state index is 12.4. The first-order valence-electron chi connectivity index (χ1n) is 9.40. The van der Waals surface area contributed by atoms with Crippen molar-refractivity contribution in [3.05, 3.63) is 46.6 Å². The summed E-state index contributed by atoms with van der Waals surface area (Å²) in [5, 5.41) is 2.70. The van der Waals surface area contributed by atoms with Gasteiger partial charge in [-0.1, -0.05) is 24.3 Å². The van der Waals surface area contributed by atoms with Crippen molar-refractivity contribution in [3.63, 3.8) is 0 Å². The Morgan fingerprint density at radius 2 is 1.90 bits per heavy atom. The number of ether oxygens (including phenoxy) is 1. The molecule has 0 aliphatic heterocycles. The Morgan fingerprint density at radius 3 is 2.45 bits per heavy atom. The van der Waals surface area contributed by atoms with E-state index in [0.29, 0.717) is 22.1 Å². The number of alkyl halides is 4. The van der Waals surface area contributed by atoms with Crippen molar-refractivity contribution in [2.24, 2.45) is 0 Å². The van der Waals surface area contributed by atoms with E-state index in [1.54, 1.807) is 7.05 Å². The molecule has 2 aromatic rings. The Morgan fingerprint density at radius 1 is 1.26 bits per heavy atom. The quantitative estimate of drug-likeness (QED) is 0.269. The van der Waals surface area contributed by atoms with Crippen LogP contribution in [0.3, 0.4) is 0 Å². The van der Waals surface area contributed by atoms with Gasteiger partial charge in [-0.15, -0.1) is 24.8 Å². The highest BCUT2D eigenvalue weighted by Gasteiger charge is 2.31. The van der Waals surface area contributed by atoms with Gasteiger partial charge in [0.25, 0.3) is 0 Å². The summed E-state index contributed by atoms with van der Waals surface area (Å²) in [6.07, 6.45) is -3.86. The summed E-state index contributed by atoms with van der Waals surface area (Å²) in [5.74, 6) is -0.332. The Labute approximate surface area is 188 Å². The molecule has 5 nitrogen and oxygen atoms in total. The van der Waals surface area contributed by atoms with Crippen molar-refractivity contribution >= 4 is 29.3 Å². The molecule has 31 heavy (non-hydrogen) atoms. The van der Waals surface area contributed by atoms with Crippen molar-refractivity contribution in [3.8, 4) is 17.0 Å². The zero-order chi connectivity index (χ0) is 23.2. The summed E-state index contributed by atoms with van der Waals surface area (Å²) in [6.45, 7) is 6.06. The van der Waals surface area contributed by atoms with Crippen LogP contribution >= 0.6 is 23.4 Å². The van der Waals surface area contributed by atoms with Crippen molar-refractivity contribution < 1.29 is 22.7 Å². The third-order valence-corrected chi connectivity index (χ3v) is 5.73. The van der Waals surface area contributed by atoms with Gasteiger partial charge in [-0.25, -0.2) is 9.97 Å². The number of nitrogens with zero attached hydrogens (tertiary/aromatic N) is 3. The number of carbonyl (C=O) groups is 1. The zero-order valence-electron chi connectivity index (χ0n) is 17.6. The topological polar surface area (TPSA) is 55.3 Å². The van der Waals surface area contributed by atoms with Crippen LogP contribution in [0, 0.1) is 6.92 Å². The Kier molecular flexibility index (Phi) is 8.76. The van der Waals surface area contributed by atoms with Crippen LogP contribution in [0.4, 0.5) is 13.2 Å². The van der Waals surface area contributed by atoms with Crippen molar-refractivity contribution in [1.29, 1.82) is 0 Å². The van der Waals surface area contributed by atoms with Gasteiger partial charge >= 0.3 is 6.36 Å². The lowest BCUT2D eigenvalue weighted by atomic mass is 10.1. The fraction of sp³-hybridized carbons (Fsp3) is 0.381. The average Bonchev–Trinajstić information content (AvgIpc) is 2.72. The van der Waals surface area contributed by atoms with Crippen LogP contribution in [-0.2, 0) is 11.3 Å². The molecule has 0 bridgehead atoms. The van der Waals surface area contributed by atoms with E-state index in [1.807, 2.05) is 26.2 Å². The standard InChI is InChI=1S/C21H23ClF3N3O2S/c1-5-13(2)12-31-20-14(3)19(26-17(27-20)11-28(4)18(29)10-22)15-6-8-16(9-7-15)30-21(23,24)25/h6-9,12H,5,10-11H2,1-4H3/b13-12+. The second-order valence-corrected chi connectivity index (χ2v) is 7.94. The highest BCUT2D eigenvalue weighted by molar-refractivity contribution is 8.02. The normalized spacial score (nSPS) is 12.1. The number of halogens is 4. The molecule has 0 N–H and O–H groups in total. The van der Waals surface area contributed by atoms with E-state index < -0.39 is 6.36 Å². The van der Waals surface area contributed by atoms with Crippen LogP contribution < -0.4 is 4.74 Å². The lowest BCUT2D eigenvalue weighted by Crippen LogP contribution is -2.28. The molecule has 2 rings (SSSR count).